The Morgan fingerprint density at radius 1 is 1.46 bits per heavy atom. The zero-order valence-electron chi connectivity index (χ0n) is 16.4. The van der Waals surface area contributed by atoms with E-state index in [1.165, 1.54) is 12.0 Å². The highest BCUT2D eigenvalue weighted by Crippen LogP contribution is 2.36. The zero-order chi connectivity index (χ0) is 18.5. The lowest BCUT2D eigenvalue weighted by Crippen LogP contribution is -2.46. The molecule has 0 aliphatic carbocycles. The molecule has 3 rings (SSSR count). The average Bonchev–Trinajstić information content (AvgIpc) is 3.30. The summed E-state index contributed by atoms with van der Waals surface area (Å²) in [4.78, 5) is 16.9. The van der Waals surface area contributed by atoms with E-state index in [0.29, 0.717) is 24.4 Å². The van der Waals surface area contributed by atoms with Gasteiger partial charge in [0.15, 0.2) is 0 Å². The lowest BCUT2D eigenvalue weighted by Gasteiger charge is -2.42. The first-order chi connectivity index (χ1) is 12.6. The topological polar surface area (TPSA) is 62.6 Å². The first-order valence-corrected chi connectivity index (χ1v) is 9.87. The summed E-state index contributed by atoms with van der Waals surface area (Å²) in [5.74, 6) is 0.888. The van der Waals surface area contributed by atoms with Gasteiger partial charge in [-0.15, -0.1) is 0 Å². The third-order valence-electron chi connectivity index (χ3n) is 5.75. The molecule has 1 N–H and O–H groups in total. The molecule has 0 unspecified atom stereocenters. The Morgan fingerprint density at radius 3 is 2.96 bits per heavy atom. The van der Waals surface area contributed by atoms with E-state index in [9.17, 15) is 4.79 Å². The molecule has 7 heteroatoms. The summed E-state index contributed by atoms with van der Waals surface area (Å²) in [6, 6.07) is 0.358. The standard InChI is InChI=1S/C19H33N5O2/c1-4-24-8-5-6-16(18(24)17-11-21-23(3)13-17)12-22(2)19(25)20-10-15-7-9-26-14-15/h11,13,15-16,18H,4-10,12,14H2,1-3H3,(H,20,25)/t15-,16+,18-/m1/s1. The number of carbonyl (C=O) groups is 1. The molecule has 2 amide bonds. The predicted molar refractivity (Wildman–Crippen MR) is 101 cm³/mol. The molecular formula is C19H33N5O2. The molecule has 0 spiro atoms. The quantitative estimate of drug-likeness (QED) is 0.838. The summed E-state index contributed by atoms with van der Waals surface area (Å²) < 4.78 is 7.25. The van der Waals surface area contributed by atoms with Gasteiger partial charge in [-0.2, -0.15) is 5.10 Å². The van der Waals surface area contributed by atoms with Gasteiger partial charge >= 0.3 is 6.03 Å². The van der Waals surface area contributed by atoms with Crippen molar-refractivity contribution in [2.24, 2.45) is 18.9 Å². The van der Waals surface area contributed by atoms with E-state index in [1.807, 2.05) is 29.9 Å². The van der Waals surface area contributed by atoms with E-state index in [0.717, 1.165) is 45.7 Å². The SMILES string of the molecule is CCN1CCC[C@@H](CN(C)C(=O)NC[C@H]2CCOC2)[C@@H]1c1cnn(C)c1. The molecule has 2 fully saturated rings. The molecule has 26 heavy (non-hydrogen) atoms. The Labute approximate surface area is 156 Å². The van der Waals surface area contributed by atoms with E-state index >= 15 is 0 Å². The molecule has 2 aliphatic rings. The summed E-state index contributed by atoms with van der Waals surface area (Å²) >= 11 is 0. The van der Waals surface area contributed by atoms with Crippen molar-refractivity contribution in [3.63, 3.8) is 0 Å². The minimum atomic E-state index is 0.0236. The van der Waals surface area contributed by atoms with Crippen LogP contribution >= 0.6 is 0 Å². The van der Waals surface area contributed by atoms with E-state index in [1.54, 1.807) is 0 Å². The Hall–Kier alpha value is -1.60. The van der Waals surface area contributed by atoms with E-state index in [2.05, 4.69) is 28.4 Å². The number of carbonyl (C=O) groups excluding carboxylic acids is 1. The van der Waals surface area contributed by atoms with Crippen LogP contribution in [0.2, 0.25) is 0 Å². The molecule has 7 nitrogen and oxygen atoms in total. The molecule has 146 valence electrons. The fourth-order valence-corrected chi connectivity index (χ4v) is 4.32. The van der Waals surface area contributed by atoms with E-state index < -0.39 is 0 Å². The van der Waals surface area contributed by atoms with Crippen LogP contribution in [0, 0.1) is 11.8 Å². The van der Waals surface area contributed by atoms with Gasteiger partial charge < -0.3 is 15.0 Å². The predicted octanol–water partition coefficient (Wildman–Crippen LogP) is 1.87. The molecule has 1 aromatic rings. The highest BCUT2D eigenvalue weighted by Gasteiger charge is 2.34. The number of urea groups is 1. The van der Waals surface area contributed by atoms with Crippen molar-refractivity contribution in [3.8, 4) is 0 Å². The van der Waals surface area contributed by atoms with Crippen LogP contribution in [0.5, 0.6) is 0 Å². The van der Waals surface area contributed by atoms with Gasteiger partial charge in [0, 0.05) is 57.5 Å². The van der Waals surface area contributed by atoms with Gasteiger partial charge in [0.1, 0.15) is 0 Å². The number of piperidine rings is 1. The van der Waals surface area contributed by atoms with Gasteiger partial charge in [0.2, 0.25) is 0 Å². The number of ether oxygens (including phenoxy) is 1. The molecule has 3 atom stereocenters. The fourth-order valence-electron chi connectivity index (χ4n) is 4.32. The van der Waals surface area contributed by atoms with Crippen LogP contribution in [0.25, 0.3) is 0 Å². The maximum atomic E-state index is 12.5. The van der Waals surface area contributed by atoms with Crippen molar-refractivity contribution in [3.05, 3.63) is 18.0 Å². The normalized spacial score (nSPS) is 26.8. The van der Waals surface area contributed by atoms with Gasteiger partial charge in [-0.05, 0) is 38.3 Å². The van der Waals surface area contributed by atoms with Crippen LogP contribution in [0.1, 0.15) is 37.8 Å². The summed E-state index contributed by atoms with van der Waals surface area (Å²) in [6.45, 7) is 7.41. The number of nitrogens with zero attached hydrogens (tertiary/aromatic N) is 4. The first kappa shape index (κ1) is 19.2. The maximum absolute atomic E-state index is 12.5. The molecule has 1 aromatic heterocycles. The van der Waals surface area contributed by atoms with Crippen LogP contribution in [-0.2, 0) is 11.8 Å². The Balaban J connectivity index is 1.60. The van der Waals surface area contributed by atoms with Crippen molar-refractivity contribution in [1.82, 2.24) is 24.9 Å². The monoisotopic (exact) mass is 363 g/mol. The van der Waals surface area contributed by atoms with Crippen LogP contribution in [0.4, 0.5) is 4.79 Å². The van der Waals surface area contributed by atoms with Crippen LogP contribution < -0.4 is 5.32 Å². The number of nitrogens with one attached hydrogen (secondary N) is 1. The summed E-state index contributed by atoms with van der Waals surface area (Å²) in [5.41, 5.74) is 1.26. The Morgan fingerprint density at radius 2 is 2.31 bits per heavy atom. The Kier molecular flexibility index (Phi) is 6.53. The lowest BCUT2D eigenvalue weighted by molar-refractivity contribution is 0.0812. The van der Waals surface area contributed by atoms with Crippen LogP contribution in [0.15, 0.2) is 12.4 Å². The molecule has 3 heterocycles. The van der Waals surface area contributed by atoms with Gasteiger partial charge in [-0.3, -0.25) is 9.58 Å². The molecule has 0 aromatic carbocycles. The van der Waals surface area contributed by atoms with Gasteiger partial charge in [0.25, 0.3) is 0 Å². The number of aryl methyl sites for hydroxylation is 1. The maximum Gasteiger partial charge on any atom is 0.317 e. The summed E-state index contributed by atoms with van der Waals surface area (Å²) in [7, 11) is 3.87. The number of likely N-dealkylation sites (tertiary alicyclic amines) is 1. The summed E-state index contributed by atoms with van der Waals surface area (Å²) in [6.07, 6.45) is 7.47. The van der Waals surface area contributed by atoms with Crippen molar-refractivity contribution >= 4 is 6.03 Å². The molecular weight excluding hydrogens is 330 g/mol. The van der Waals surface area contributed by atoms with Crippen molar-refractivity contribution < 1.29 is 9.53 Å². The molecule has 2 aliphatic heterocycles. The third-order valence-corrected chi connectivity index (χ3v) is 5.75. The van der Waals surface area contributed by atoms with Crippen molar-refractivity contribution in [2.45, 2.75) is 32.2 Å². The number of hydrogen-bond donors (Lipinski definition) is 1. The van der Waals surface area contributed by atoms with Crippen molar-refractivity contribution in [1.29, 1.82) is 0 Å². The van der Waals surface area contributed by atoms with Gasteiger partial charge in [-0.1, -0.05) is 6.92 Å². The van der Waals surface area contributed by atoms with Crippen LogP contribution in [-0.4, -0.2) is 72.1 Å². The average molecular weight is 364 g/mol. The highest BCUT2D eigenvalue weighted by atomic mass is 16.5. The van der Waals surface area contributed by atoms with Gasteiger partial charge in [-0.25, -0.2) is 4.79 Å². The van der Waals surface area contributed by atoms with E-state index in [-0.39, 0.29) is 6.03 Å². The lowest BCUT2D eigenvalue weighted by atomic mass is 9.85. The second-order valence-corrected chi connectivity index (χ2v) is 7.72. The first-order valence-electron chi connectivity index (χ1n) is 9.87. The summed E-state index contributed by atoms with van der Waals surface area (Å²) in [5, 5.41) is 7.44. The highest BCUT2D eigenvalue weighted by molar-refractivity contribution is 5.73. The molecule has 2 saturated heterocycles. The molecule has 0 saturated carbocycles. The minimum absolute atomic E-state index is 0.0236. The number of hydrogen-bond acceptors (Lipinski definition) is 4. The fraction of sp³-hybridized carbons (Fsp3) is 0.789. The number of amides is 2. The smallest absolute Gasteiger partial charge is 0.317 e. The van der Waals surface area contributed by atoms with Crippen molar-refractivity contribution in [2.75, 3.05) is 46.4 Å². The second-order valence-electron chi connectivity index (χ2n) is 7.72. The molecule has 0 bridgehead atoms. The minimum Gasteiger partial charge on any atom is -0.381 e. The van der Waals surface area contributed by atoms with E-state index in [4.69, 9.17) is 4.74 Å². The molecule has 0 radical (unpaired) electrons. The Bertz CT molecular complexity index is 584. The second kappa shape index (κ2) is 8.86. The zero-order valence-corrected chi connectivity index (χ0v) is 16.4. The van der Waals surface area contributed by atoms with Crippen LogP contribution in [0.3, 0.4) is 0 Å². The van der Waals surface area contributed by atoms with Gasteiger partial charge in [0.05, 0.1) is 12.8 Å². The largest absolute Gasteiger partial charge is 0.381 e. The number of aromatic nitrogens is 2. The number of rotatable bonds is 6. The third kappa shape index (κ3) is 4.57.